The smallest absolute Gasteiger partial charge is 0.352 e. The SMILES string of the molecule is Cc1[nH]c2ccccc2c1C1=C[N]C(=O)N1c1c(CCCCN)[nH]c2ccccc12. The topological polar surface area (TPSA) is 92.0 Å². The molecule has 4 N–H and O–H groups in total. The molecule has 5 rings (SSSR count). The van der Waals surface area contributed by atoms with Gasteiger partial charge in [0.2, 0.25) is 0 Å². The van der Waals surface area contributed by atoms with Crippen LogP contribution in [0.1, 0.15) is 29.8 Å². The number of para-hydroxylation sites is 2. The van der Waals surface area contributed by atoms with Crippen molar-refractivity contribution in [1.82, 2.24) is 15.3 Å². The monoisotopic (exact) mass is 398 g/mol. The largest absolute Gasteiger partial charge is 0.358 e. The van der Waals surface area contributed by atoms with Crippen molar-refractivity contribution in [2.45, 2.75) is 26.2 Å². The fraction of sp³-hybridized carbons (Fsp3) is 0.208. The van der Waals surface area contributed by atoms with Crippen molar-refractivity contribution in [2.75, 3.05) is 11.4 Å². The first-order chi connectivity index (χ1) is 14.7. The van der Waals surface area contributed by atoms with Gasteiger partial charge < -0.3 is 15.7 Å². The lowest BCUT2D eigenvalue weighted by molar-refractivity contribution is 0.252. The summed E-state index contributed by atoms with van der Waals surface area (Å²) in [5, 5.41) is 6.29. The Labute approximate surface area is 174 Å². The minimum Gasteiger partial charge on any atom is -0.358 e. The van der Waals surface area contributed by atoms with Gasteiger partial charge in [-0.2, -0.15) is 5.32 Å². The van der Waals surface area contributed by atoms with E-state index in [1.165, 1.54) is 0 Å². The molecule has 4 aromatic rings. The molecule has 2 amide bonds. The molecule has 0 atom stereocenters. The van der Waals surface area contributed by atoms with E-state index in [0.717, 1.165) is 69.4 Å². The van der Waals surface area contributed by atoms with Gasteiger partial charge in [0.1, 0.15) is 0 Å². The Morgan fingerprint density at radius 2 is 1.67 bits per heavy atom. The van der Waals surface area contributed by atoms with Crippen molar-refractivity contribution < 1.29 is 4.79 Å². The van der Waals surface area contributed by atoms with Crippen LogP contribution in [-0.2, 0) is 6.42 Å². The molecule has 1 aliphatic rings. The number of rotatable bonds is 6. The van der Waals surface area contributed by atoms with E-state index in [1.807, 2.05) is 37.3 Å². The Morgan fingerprint density at radius 1 is 0.967 bits per heavy atom. The summed E-state index contributed by atoms with van der Waals surface area (Å²) in [7, 11) is 0. The van der Waals surface area contributed by atoms with E-state index in [4.69, 9.17) is 5.73 Å². The number of hydrogen-bond acceptors (Lipinski definition) is 2. The predicted molar refractivity (Wildman–Crippen MR) is 121 cm³/mol. The molecular formula is C24H24N5O. The molecule has 2 aromatic heterocycles. The second-order valence-electron chi connectivity index (χ2n) is 7.68. The summed E-state index contributed by atoms with van der Waals surface area (Å²) in [6.07, 6.45) is 4.42. The number of H-pyrrole nitrogens is 2. The van der Waals surface area contributed by atoms with E-state index in [0.29, 0.717) is 6.54 Å². The maximum absolute atomic E-state index is 13.0. The summed E-state index contributed by atoms with van der Waals surface area (Å²) in [6.45, 7) is 2.70. The fourth-order valence-corrected chi connectivity index (χ4v) is 4.40. The molecule has 0 unspecified atom stereocenters. The Balaban J connectivity index is 1.68. The third kappa shape index (κ3) is 2.88. The number of anilines is 1. The standard InChI is InChI=1S/C24H24N5O/c1-15-22(16-8-2-4-10-18(16)27-15)21-14-26-24(30)29(21)23-17-9-3-5-11-19(17)28-20(23)12-6-7-13-25/h2-5,8-11,14,27-28H,6-7,12-13,25H2,1H3. The summed E-state index contributed by atoms with van der Waals surface area (Å²) >= 11 is 0. The van der Waals surface area contributed by atoms with Crippen LogP contribution in [-0.4, -0.2) is 22.5 Å². The lowest BCUT2D eigenvalue weighted by Gasteiger charge is -2.21. The lowest BCUT2D eigenvalue weighted by atomic mass is 10.1. The average molecular weight is 398 g/mol. The van der Waals surface area contributed by atoms with Gasteiger partial charge in [-0.25, -0.2) is 4.79 Å². The summed E-state index contributed by atoms with van der Waals surface area (Å²) in [4.78, 5) is 21.7. The van der Waals surface area contributed by atoms with Crippen LogP contribution < -0.4 is 16.0 Å². The van der Waals surface area contributed by atoms with Gasteiger partial charge in [0.15, 0.2) is 0 Å². The molecule has 2 aromatic carbocycles. The highest BCUT2D eigenvalue weighted by molar-refractivity contribution is 6.17. The van der Waals surface area contributed by atoms with Crippen molar-refractivity contribution in [3.05, 3.63) is 71.7 Å². The minimum absolute atomic E-state index is 0.264. The Morgan fingerprint density at radius 3 is 2.43 bits per heavy atom. The van der Waals surface area contributed by atoms with Gasteiger partial charge in [-0.3, -0.25) is 4.90 Å². The second-order valence-corrected chi connectivity index (χ2v) is 7.68. The first-order valence-corrected chi connectivity index (χ1v) is 10.3. The maximum atomic E-state index is 13.0. The minimum atomic E-state index is -0.264. The molecular weight excluding hydrogens is 374 g/mol. The number of benzene rings is 2. The predicted octanol–water partition coefficient (Wildman–Crippen LogP) is 4.78. The molecule has 30 heavy (non-hydrogen) atoms. The number of nitrogens with zero attached hydrogens (tertiary/aromatic N) is 2. The van der Waals surface area contributed by atoms with Gasteiger partial charge in [-0.1, -0.05) is 36.4 Å². The molecule has 0 bridgehead atoms. The number of nitrogens with one attached hydrogen (secondary N) is 2. The second kappa shape index (κ2) is 7.39. The zero-order valence-electron chi connectivity index (χ0n) is 16.9. The number of amides is 2. The highest BCUT2D eigenvalue weighted by atomic mass is 16.2. The van der Waals surface area contributed by atoms with Crippen molar-refractivity contribution in [1.29, 1.82) is 0 Å². The number of aromatic amines is 2. The van der Waals surface area contributed by atoms with E-state index >= 15 is 0 Å². The van der Waals surface area contributed by atoms with Crippen molar-refractivity contribution in [2.24, 2.45) is 5.73 Å². The number of carbonyl (C=O) groups is 1. The number of nitrogens with two attached hydrogens (primary N) is 1. The summed E-state index contributed by atoms with van der Waals surface area (Å²) < 4.78 is 0. The quantitative estimate of drug-likeness (QED) is 0.408. The van der Waals surface area contributed by atoms with E-state index < -0.39 is 0 Å². The molecule has 0 fully saturated rings. The number of hydrogen-bond donors (Lipinski definition) is 3. The number of aromatic nitrogens is 2. The van der Waals surface area contributed by atoms with Gasteiger partial charge in [0.25, 0.3) is 0 Å². The van der Waals surface area contributed by atoms with Gasteiger partial charge in [0, 0.05) is 38.8 Å². The van der Waals surface area contributed by atoms with E-state index in [2.05, 4.69) is 33.5 Å². The van der Waals surface area contributed by atoms with Crippen molar-refractivity contribution >= 4 is 39.2 Å². The zero-order valence-corrected chi connectivity index (χ0v) is 16.9. The normalized spacial score (nSPS) is 14.0. The van der Waals surface area contributed by atoms with Crippen LogP contribution in [0.2, 0.25) is 0 Å². The van der Waals surface area contributed by atoms with Crippen molar-refractivity contribution in [3.8, 4) is 0 Å². The number of urea groups is 1. The van der Waals surface area contributed by atoms with Crippen LogP contribution in [0.5, 0.6) is 0 Å². The Bertz CT molecular complexity index is 1280. The summed E-state index contributed by atoms with van der Waals surface area (Å²) in [6, 6.07) is 16.0. The van der Waals surface area contributed by atoms with E-state index in [-0.39, 0.29) is 6.03 Å². The first-order valence-electron chi connectivity index (χ1n) is 10.3. The van der Waals surface area contributed by atoms with Crippen LogP contribution >= 0.6 is 0 Å². The van der Waals surface area contributed by atoms with Crippen LogP contribution in [0.15, 0.2) is 54.7 Å². The first kappa shape index (κ1) is 18.5. The number of aryl methyl sites for hydroxylation is 2. The van der Waals surface area contributed by atoms with Crippen molar-refractivity contribution in [3.63, 3.8) is 0 Å². The number of unbranched alkanes of at least 4 members (excludes halogenated alkanes) is 1. The number of fused-ring (bicyclic) bond motifs is 2. The van der Waals surface area contributed by atoms with Crippen LogP contribution in [0.4, 0.5) is 10.5 Å². The van der Waals surface area contributed by atoms with E-state index in [9.17, 15) is 4.79 Å². The maximum Gasteiger partial charge on any atom is 0.352 e. The fourth-order valence-electron chi connectivity index (χ4n) is 4.40. The van der Waals surface area contributed by atoms with E-state index in [1.54, 1.807) is 11.1 Å². The lowest BCUT2D eigenvalue weighted by Crippen LogP contribution is -2.27. The van der Waals surface area contributed by atoms with Crippen LogP contribution in [0, 0.1) is 6.92 Å². The molecule has 0 saturated heterocycles. The molecule has 0 saturated carbocycles. The van der Waals surface area contributed by atoms with Gasteiger partial charge in [-0.15, -0.1) is 0 Å². The third-order valence-electron chi connectivity index (χ3n) is 5.74. The molecule has 0 aliphatic carbocycles. The Hall–Kier alpha value is -3.51. The highest BCUT2D eigenvalue weighted by Crippen LogP contribution is 2.41. The van der Waals surface area contributed by atoms with Gasteiger partial charge >= 0.3 is 6.03 Å². The molecule has 1 radical (unpaired) electrons. The van der Waals surface area contributed by atoms with Crippen LogP contribution in [0.25, 0.3) is 27.5 Å². The Kier molecular flexibility index (Phi) is 4.56. The summed E-state index contributed by atoms with van der Waals surface area (Å²) in [5.74, 6) is 0. The highest BCUT2D eigenvalue weighted by Gasteiger charge is 2.33. The molecule has 6 nitrogen and oxygen atoms in total. The third-order valence-corrected chi connectivity index (χ3v) is 5.74. The average Bonchev–Trinajstić information content (AvgIpc) is 3.39. The molecule has 6 heteroatoms. The molecule has 151 valence electrons. The molecule has 3 heterocycles. The van der Waals surface area contributed by atoms with Crippen LogP contribution in [0.3, 0.4) is 0 Å². The van der Waals surface area contributed by atoms with Gasteiger partial charge in [0.05, 0.1) is 17.6 Å². The van der Waals surface area contributed by atoms with Gasteiger partial charge in [-0.05, 0) is 44.9 Å². The molecule has 1 aliphatic heterocycles. The zero-order chi connectivity index (χ0) is 20.7. The molecule has 0 spiro atoms. The number of carbonyl (C=O) groups excluding carboxylic acids is 1. The summed E-state index contributed by atoms with van der Waals surface area (Å²) in [5.41, 5.74) is 12.5.